The molecule has 0 aliphatic heterocycles. The predicted molar refractivity (Wildman–Crippen MR) is 192 cm³/mol. The third-order valence-corrected chi connectivity index (χ3v) is 8.21. The highest BCUT2D eigenvalue weighted by Crippen LogP contribution is 2.30. The Morgan fingerprint density at radius 1 is 0.592 bits per heavy atom. The van der Waals surface area contributed by atoms with Crippen molar-refractivity contribution in [3.63, 3.8) is 0 Å². The van der Waals surface area contributed by atoms with Crippen LogP contribution in [0.5, 0.6) is 17.2 Å². The average molecular weight is 660 g/mol. The molecule has 49 heavy (non-hydrogen) atoms. The van der Waals surface area contributed by atoms with E-state index in [1.165, 1.54) is 5.56 Å². The van der Waals surface area contributed by atoms with Gasteiger partial charge in [0.05, 0.1) is 0 Å². The van der Waals surface area contributed by atoms with E-state index in [4.69, 9.17) is 23.7 Å². The zero-order chi connectivity index (χ0) is 34.1. The lowest BCUT2D eigenvalue weighted by Gasteiger charge is -2.29. The van der Waals surface area contributed by atoms with Crippen molar-refractivity contribution in [2.24, 2.45) is 0 Å². The van der Waals surface area contributed by atoms with E-state index in [0.717, 1.165) is 40.8 Å². The predicted octanol–water partition coefficient (Wildman–Crippen LogP) is 9.03. The number of ether oxygens (including phenoxy) is 5. The number of aryl methyl sites for hydroxylation is 1. The molecule has 0 saturated heterocycles. The molecule has 0 fully saturated rings. The van der Waals surface area contributed by atoms with Crippen LogP contribution in [0.25, 0.3) is 0 Å². The summed E-state index contributed by atoms with van der Waals surface area (Å²) < 4.78 is 28.9. The van der Waals surface area contributed by atoms with E-state index in [2.05, 4.69) is 31.2 Å². The monoisotopic (exact) mass is 659 g/mol. The fourth-order valence-electron chi connectivity index (χ4n) is 5.37. The van der Waals surface area contributed by atoms with Crippen LogP contribution >= 0.6 is 0 Å². The van der Waals surface area contributed by atoms with Gasteiger partial charge in [0, 0.05) is 19.7 Å². The van der Waals surface area contributed by atoms with Gasteiger partial charge in [-0.25, -0.2) is 4.79 Å². The third kappa shape index (κ3) is 11.4. The van der Waals surface area contributed by atoms with Crippen LogP contribution < -0.4 is 14.2 Å². The number of rotatable bonds is 18. The molecule has 5 rings (SSSR count). The highest BCUT2D eigenvalue weighted by Gasteiger charge is 2.22. The minimum atomic E-state index is -0.332. The van der Waals surface area contributed by atoms with E-state index in [-0.39, 0.29) is 25.5 Å². The Balaban J connectivity index is 1.23. The van der Waals surface area contributed by atoms with Crippen molar-refractivity contribution in [2.45, 2.75) is 52.0 Å². The summed E-state index contributed by atoms with van der Waals surface area (Å²) in [5, 5.41) is 0. The van der Waals surface area contributed by atoms with Crippen LogP contribution in [0.3, 0.4) is 0 Å². The largest absolute Gasteiger partial charge is 0.489 e. The number of hydrogen-bond acceptors (Lipinski definition) is 6. The first kappa shape index (κ1) is 35.0. The fourth-order valence-corrected chi connectivity index (χ4v) is 5.37. The molecular weight excluding hydrogens is 614 g/mol. The number of hydrogen-bond donors (Lipinski definition) is 0. The quantitative estimate of drug-likeness (QED) is 0.0875. The number of carbonyl (C=O) groups excluding carboxylic acids is 1. The first-order valence-corrected chi connectivity index (χ1v) is 16.7. The Bertz CT molecular complexity index is 1680. The maximum absolute atomic E-state index is 13.6. The second kappa shape index (κ2) is 18.9. The van der Waals surface area contributed by atoms with Gasteiger partial charge in [0.2, 0.25) is 0 Å². The van der Waals surface area contributed by atoms with Crippen LogP contribution in [0.15, 0.2) is 133 Å². The van der Waals surface area contributed by atoms with Crippen LogP contribution in [-0.2, 0) is 42.1 Å². The van der Waals surface area contributed by atoms with Gasteiger partial charge in [-0.1, -0.05) is 109 Å². The van der Waals surface area contributed by atoms with Gasteiger partial charge in [-0.05, 0) is 78.3 Å². The topological polar surface area (TPSA) is 66.5 Å². The average Bonchev–Trinajstić information content (AvgIpc) is 3.15. The molecule has 0 saturated carbocycles. The summed E-state index contributed by atoms with van der Waals surface area (Å²) in [5.74, 6) is 2.06. The SMILES string of the molecule is COCOc1ccc(CCN(C(=O)OCc2ccccc2)C(C)CCc2ccc(OCc3ccccc3)cc2)cc1OCc1ccccc1. The molecule has 0 heterocycles. The van der Waals surface area contributed by atoms with Gasteiger partial charge in [0.25, 0.3) is 0 Å². The van der Waals surface area contributed by atoms with E-state index < -0.39 is 0 Å². The zero-order valence-corrected chi connectivity index (χ0v) is 28.3. The summed E-state index contributed by atoms with van der Waals surface area (Å²) in [4.78, 5) is 15.4. The summed E-state index contributed by atoms with van der Waals surface area (Å²) in [7, 11) is 1.59. The van der Waals surface area contributed by atoms with E-state index in [1.807, 2.05) is 114 Å². The smallest absolute Gasteiger partial charge is 0.410 e. The van der Waals surface area contributed by atoms with Gasteiger partial charge in [0.15, 0.2) is 18.3 Å². The Hall–Kier alpha value is -5.27. The molecule has 0 aliphatic rings. The van der Waals surface area contributed by atoms with Gasteiger partial charge in [-0.2, -0.15) is 0 Å². The van der Waals surface area contributed by atoms with Crippen molar-refractivity contribution in [1.82, 2.24) is 4.90 Å². The maximum Gasteiger partial charge on any atom is 0.410 e. The standard InChI is InChI=1S/C42H45NO6/c1-33(18-19-34-20-23-39(24-21-34)46-29-36-12-6-3-7-13-36)43(42(44)48-31-38-16-10-5-11-17-38)27-26-35-22-25-40(49-32-45-2)41(28-35)47-30-37-14-8-4-9-15-37/h3-17,20-25,28,33H,18-19,26-27,29-32H2,1-2H3. The molecule has 5 aromatic carbocycles. The van der Waals surface area contributed by atoms with Crippen molar-refractivity contribution >= 4 is 6.09 Å². The van der Waals surface area contributed by atoms with E-state index in [9.17, 15) is 4.79 Å². The Labute approximate surface area is 290 Å². The Kier molecular flexibility index (Phi) is 13.5. The van der Waals surface area contributed by atoms with E-state index >= 15 is 0 Å². The second-order valence-electron chi connectivity index (χ2n) is 11.9. The minimum Gasteiger partial charge on any atom is -0.489 e. The highest BCUT2D eigenvalue weighted by molar-refractivity contribution is 5.68. The normalized spacial score (nSPS) is 11.4. The van der Waals surface area contributed by atoms with Gasteiger partial charge < -0.3 is 28.6 Å². The summed E-state index contributed by atoms with van der Waals surface area (Å²) in [6.45, 7) is 3.83. The molecule has 0 radical (unpaired) electrons. The lowest BCUT2D eigenvalue weighted by atomic mass is 10.0. The van der Waals surface area contributed by atoms with Crippen molar-refractivity contribution in [3.05, 3.63) is 161 Å². The highest BCUT2D eigenvalue weighted by atomic mass is 16.7. The third-order valence-electron chi connectivity index (χ3n) is 8.21. The first-order chi connectivity index (χ1) is 24.1. The van der Waals surface area contributed by atoms with E-state index in [1.54, 1.807) is 7.11 Å². The summed E-state index contributed by atoms with van der Waals surface area (Å²) in [6, 6.07) is 43.9. The van der Waals surface area contributed by atoms with Crippen molar-refractivity contribution in [2.75, 3.05) is 20.4 Å². The molecule has 7 heteroatoms. The molecule has 0 aliphatic carbocycles. The molecular formula is C42H45NO6. The second-order valence-corrected chi connectivity index (χ2v) is 11.9. The van der Waals surface area contributed by atoms with Gasteiger partial charge >= 0.3 is 6.09 Å². The summed E-state index contributed by atoms with van der Waals surface area (Å²) >= 11 is 0. The fraction of sp³-hybridized carbons (Fsp3) is 0.262. The molecule has 7 nitrogen and oxygen atoms in total. The number of amides is 1. The van der Waals surface area contributed by atoms with Crippen LogP contribution in [-0.4, -0.2) is 37.5 Å². The summed E-state index contributed by atoms with van der Waals surface area (Å²) in [5.41, 5.74) is 5.34. The molecule has 0 aromatic heterocycles. The van der Waals surface area contributed by atoms with Gasteiger partial charge in [-0.3, -0.25) is 0 Å². The summed E-state index contributed by atoms with van der Waals surface area (Å²) in [6.07, 6.45) is 1.87. The molecule has 1 amide bonds. The van der Waals surface area contributed by atoms with Crippen molar-refractivity contribution in [1.29, 1.82) is 0 Å². The lowest BCUT2D eigenvalue weighted by Crippen LogP contribution is -2.40. The maximum atomic E-state index is 13.6. The number of carbonyl (C=O) groups is 1. The van der Waals surface area contributed by atoms with Crippen LogP contribution in [0, 0.1) is 0 Å². The molecule has 254 valence electrons. The Morgan fingerprint density at radius 2 is 1.16 bits per heavy atom. The molecule has 1 unspecified atom stereocenters. The van der Waals surface area contributed by atoms with E-state index in [0.29, 0.717) is 37.7 Å². The van der Waals surface area contributed by atoms with Crippen LogP contribution in [0.4, 0.5) is 4.79 Å². The molecule has 0 bridgehead atoms. The number of methoxy groups -OCH3 is 1. The molecule has 0 spiro atoms. The van der Waals surface area contributed by atoms with Gasteiger partial charge in [-0.15, -0.1) is 0 Å². The van der Waals surface area contributed by atoms with Crippen molar-refractivity contribution < 1.29 is 28.5 Å². The molecule has 0 N–H and O–H groups in total. The van der Waals surface area contributed by atoms with Crippen LogP contribution in [0.1, 0.15) is 41.2 Å². The van der Waals surface area contributed by atoms with Crippen molar-refractivity contribution in [3.8, 4) is 17.2 Å². The number of nitrogens with zero attached hydrogens (tertiary/aromatic N) is 1. The zero-order valence-electron chi connectivity index (χ0n) is 28.3. The lowest BCUT2D eigenvalue weighted by molar-refractivity contribution is 0.0483. The first-order valence-electron chi connectivity index (χ1n) is 16.7. The number of benzene rings is 5. The van der Waals surface area contributed by atoms with Crippen LogP contribution in [0.2, 0.25) is 0 Å². The van der Waals surface area contributed by atoms with Gasteiger partial charge in [0.1, 0.15) is 25.6 Å². The molecule has 1 atom stereocenters. The molecule has 5 aromatic rings. The Morgan fingerprint density at radius 3 is 1.78 bits per heavy atom. The minimum absolute atomic E-state index is 0.0598.